The fourth-order valence-electron chi connectivity index (χ4n) is 2.10. The number of rotatable bonds is 7. The Balaban J connectivity index is 2.12. The summed E-state index contributed by atoms with van der Waals surface area (Å²) in [6, 6.07) is 7.88. The molecule has 1 heterocycles. The minimum absolute atomic E-state index is 0.120. The lowest BCUT2D eigenvalue weighted by atomic mass is 10.0. The lowest BCUT2D eigenvalue weighted by Crippen LogP contribution is -2.21. The van der Waals surface area contributed by atoms with Gasteiger partial charge in [-0.1, -0.05) is 6.92 Å². The van der Waals surface area contributed by atoms with E-state index >= 15 is 0 Å². The number of benzene rings is 1. The van der Waals surface area contributed by atoms with Crippen LogP contribution in [0, 0.1) is 0 Å². The van der Waals surface area contributed by atoms with E-state index in [9.17, 15) is 0 Å². The van der Waals surface area contributed by atoms with Crippen molar-refractivity contribution >= 4 is 0 Å². The van der Waals surface area contributed by atoms with Crippen LogP contribution < -0.4 is 15.2 Å². The van der Waals surface area contributed by atoms with Crippen molar-refractivity contribution in [2.45, 2.75) is 32.4 Å². The van der Waals surface area contributed by atoms with Gasteiger partial charge in [0.1, 0.15) is 18.1 Å². The zero-order valence-electron chi connectivity index (χ0n) is 12.9. The van der Waals surface area contributed by atoms with Crippen molar-refractivity contribution in [3.63, 3.8) is 0 Å². The molecule has 114 valence electrons. The van der Waals surface area contributed by atoms with Crippen LogP contribution >= 0.6 is 0 Å². The summed E-state index contributed by atoms with van der Waals surface area (Å²) in [5, 5.41) is 4.31. The normalized spacial score (nSPS) is 12.2. The molecule has 5 nitrogen and oxygen atoms in total. The fraction of sp³-hybridized carbons (Fsp3) is 0.438. The standard InChI is InChI=1S/C16H23N3O2/c1-4-13(17)9-12-10-15(20-3)5-6-16(12)21-11-14-7-8-19(2)18-14/h5-8,10,13H,4,9,11,17H2,1-3H3. The van der Waals surface area contributed by atoms with Crippen molar-refractivity contribution in [2.75, 3.05) is 7.11 Å². The van der Waals surface area contributed by atoms with Crippen LogP contribution in [0.2, 0.25) is 0 Å². The summed E-state index contributed by atoms with van der Waals surface area (Å²) in [6.45, 7) is 2.53. The third kappa shape index (κ3) is 4.23. The highest BCUT2D eigenvalue weighted by Crippen LogP contribution is 2.26. The van der Waals surface area contributed by atoms with Gasteiger partial charge in [-0.15, -0.1) is 0 Å². The van der Waals surface area contributed by atoms with E-state index in [1.807, 2.05) is 37.5 Å². The first-order valence-corrected chi connectivity index (χ1v) is 7.16. The van der Waals surface area contributed by atoms with Gasteiger partial charge in [-0.2, -0.15) is 5.10 Å². The van der Waals surface area contributed by atoms with E-state index < -0.39 is 0 Å². The second-order valence-corrected chi connectivity index (χ2v) is 5.12. The Bertz CT molecular complexity index is 581. The summed E-state index contributed by atoms with van der Waals surface area (Å²) in [5.41, 5.74) is 8.03. The average Bonchev–Trinajstić information content (AvgIpc) is 2.91. The van der Waals surface area contributed by atoms with Crippen LogP contribution in [0.3, 0.4) is 0 Å². The van der Waals surface area contributed by atoms with Gasteiger partial charge in [0.2, 0.25) is 0 Å². The maximum atomic E-state index is 6.06. The molecule has 1 aromatic carbocycles. The van der Waals surface area contributed by atoms with E-state index in [2.05, 4.69) is 12.0 Å². The van der Waals surface area contributed by atoms with Gasteiger partial charge in [-0.3, -0.25) is 4.68 Å². The maximum Gasteiger partial charge on any atom is 0.132 e. The molecule has 2 N–H and O–H groups in total. The molecular weight excluding hydrogens is 266 g/mol. The first-order chi connectivity index (χ1) is 10.1. The van der Waals surface area contributed by atoms with E-state index in [1.54, 1.807) is 11.8 Å². The minimum atomic E-state index is 0.120. The highest BCUT2D eigenvalue weighted by molar-refractivity contribution is 5.41. The summed E-state index contributed by atoms with van der Waals surface area (Å²) in [4.78, 5) is 0. The molecule has 5 heteroatoms. The molecule has 21 heavy (non-hydrogen) atoms. The molecule has 2 aromatic rings. The van der Waals surface area contributed by atoms with Gasteiger partial charge in [0.05, 0.1) is 12.8 Å². The van der Waals surface area contributed by atoms with Gasteiger partial charge in [0, 0.05) is 19.3 Å². The zero-order valence-corrected chi connectivity index (χ0v) is 12.9. The Hall–Kier alpha value is -2.01. The SMILES string of the molecule is CCC(N)Cc1cc(OC)ccc1OCc1ccn(C)n1. The Labute approximate surface area is 125 Å². The highest BCUT2D eigenvalue weighted by atomic mass is 16.5. The van der Waals surface area contributed by atoms with Gasteiger partial charge in [-0.05, 0) is 42.7 Å². The maximum absolute atomic E-state index is 6.06. The van der Waals surface area contributed by atoms with Crippen LogP contribution in [0.1, 0.15) is 24.6 Å². The molecule has 0 fully saturated rings. The predicted octanol–water partition coefficient (Wildman–Crippen LogP) is 2.29. The Morgan fingerprint density at radius 3 is 2.76 bits per heavy atom. The Kier molecular flexibility index (Phi) is 5.22. The molecule has 0 saturated carbocycles. The second-order valence-electron chi connectivity index (χ2n) is 5.12. The number of ether oxygens (including phenoxy) is 2. The quantitative estimate of drug-likeness (QED) is 0.849. The smallest absolute Gasteiger partial charge is 0.132 e. The number of aryl methyl sites for hydroxylation is 1. The summed E-state index contributed by atoms with van der Waals surface area (Å²) in [6.07, 6.45) is 3.60. The Morgan fingerprint density at radius 2 is 2.14 bits per heavy atom. The van der Waals surface area contributed by atoms with Crippen LogP contribution in [0.25, 0.3) is 0 Å². The molecular formula is C16H23N3O2. The molecule has 2 rings (SSSR count). The van der Waals surface area contributed by atoms with Crippen molar-refractivity contribution in [2.24, 2.45) is 12.8 Å². The summed E-state index contributed by atoms with van der Waals surface area (Å²) in [7, 11) is 3.55. The molecule has 0 aliphatic carbocycles. The van der Waals surface area contributed by atoms with Crippen molar-refractivity contribution in [1.29, 1.82) is 0 Å². The molecule has 0 radical (unpaired) electrons. The van der Waals surface area contributed by atoms with Crippen LogP contribution in [0.5, 0.6) is 11.5 Å². The Morgan fingerprint density at radius 1 is 1.33 bits per heavy atom. The zero-order chi connectivity index (χ0) is 15.2. The number of nitrogens with zero attached hydrogens (tertiary/aromatic N) is 2. The number of nitrogens with two attached hydrogens (primary N) is 1. The van der Waals surface area contributed by atoms with Gasteiger partial charge < -0.3 is 15.2 Å². The summed E-state index contributed by atoms with van der Waals surface area (Å²) < 4.78 is 12.9. The molecule has 0 aliphatic rings. The monoisotopic (exact) mass is 289 g/mol. The molecule has 0 spiro atoms. The van der Waals surface area contributed by atoms with E-state index in [-0.39, 0.29) is 6.04 Å². The first kappa shape index (κ1) is 15.4. The first-order valence-electron chi connectivity index (χ1n) is 7.16. The van der Waals surface area contributed by atoms with Crippen LogP contribution in [0.4, 0.5) is 0 Å². The molecule has 0 saturated heterocycles. The molecule has 1 unspecified atom stereocenters. The van der Waals surface area contributed by atoms with Crippen molar-refractivity contribution in [3.05, 3.63) is 41.7 Å². The lowest BCUT2D eigenvalue weighted by molar-refractivity contribution is 0.295. The average molecular weight is 289 g/mol. The van der Waals surface area contributed by atoms with Gasteiger partial charge in [0.25, 0.3) is 0 Å². The number of hydrogen-bond donors (Lipinski definition) is 1. The number of methoxy groups -OCH3 is 1. The third-order valence-electron chi connectivity index (χ3n) is 3.42. The molecule has 1 atom stereocenters. The predicted molar refractivity (Wildman–Crippen MR) is 82.5 cm³/mol. The molecule has 1 aromatic heterocycles. The van der Waals surface area contributed by atoms with E-state index in [0.29, 0.717) is 6.61 Å². The van der Waals surface area contributed by atoms with Gasteiger partial charge in [0.15, 0.2) is 0 Å². The van der Waals surface area contributed by atoms with Crippen molar-refractivity contribution in [3.8, 4) is 11.5 Å². The number of hydrogen-bond acceptors (Lipinski definition) is 4. The summed E-state index contributed by atoms with van der Waals surface area (Å²) in [5.74, 6) is 1.66. The largest absolute Gasteiger partial charge is 0.497 e. The van der Waals surface area contributed by atoms with Crippen molar-refractivity contribution < 1.29 is 9.47 Å². The van der Waals surface area contributed by atoms with Crippen molar-refractivity contribution in [1.82, 2.24) is 9.78 Å². The summed E-state index contributed by atoms with van der Waals surface area (Å²) >= 11 is 0. The van der Waals surface area contributed by atoms with E-state index in [0.717, 1.165) is 35.6 Å². The molecule has 0 aliphatic heterocycles. The highest BCUT2D eigenvalue weighted by Gasteiger charge is 2.10. The third-order valence-corrected chi connectivity index (χ3v) is 3.42. The van der Waals surface area contributed by atoms with Gasteiger partial charge in [-0.25, -0.2) is 0 Å². The van der Waals surface area contributed by atoms with Gasteiger partial charge >= 0.3 is 0 Å². The number of aromatic nitrogens is 2. The lowest BCUT2D eigenvalue weighted by Gasteiger charge is -2.15. The van der Waals surface area contributed by atoms with E-state index in [1.165, 1.54) is 0 Å². The molecule has 0 bridgehead atoms. The second kappa shape index (κ2) is 7.13. The fourth-order valence-corrected chi connectivity index (χ4v) is 2.10. The topological polar surface area (TPSA) is 62.3 Å². The van der Waals surface area contributed by atoms with Crippen LogP contribution in [-0.4, -0.2) is 22.9 Å². The minimum Gasteiger partial charge on any atom is -0.497 e. The van der Waals surface area contributed by atoms with E-state index in [4.69, 9.17) is 15.2 Å². The van der Waals surface area contributed by atoms with Crippen LogP contribution in [0.15, 0.2) is 30.5 Å². The van der Waals surface area contributed by atoms with Crippen LogP contribution in [-0.2, 0) is 20.1 Å². The molecule has 0 amide bonds.